The van der Waals surface area contributed by atoms with Gasteiger partial charge in [-0.1, -0.05) is 18.2 Å². The van der Waals surface area contributed by atoms with E-state index in [-0.39, 0.29) is 11.3 Å². The van der Waals surface area contributed by atoms with Gasteiger partial charge in [0.15, 0.2) is 0 Å². The Morgan fingerprint density at radius 2 is 2.04 bits per heavy atom. The number of amides is 1. The second kappa shape index (κ2) is 6.91. The summed E-state index contributed by atoms with van der Waals surface area (Å²) in [5.74, 6) is 0.419. The summed E-state index contributed by atoms with van der Waals surface area (Å²) < 4.78 is 0. The monoisotopic (exact) mass is 324 g/mol. The number of carbonyl (C=O) groups excluding carboxylic acids is 1. The lowest BCUT2D eigenvalue weighted by atomic mass is 10.1. The second-order valence-electron chi connectivity index (χ2n) is 5.35. The standard InChI is InChI=1S/C17H16N4O3/c22-17(13-5-2-7-15(11-13)21(23)24)20-14-6-1-4-12(10-14)16-18-8-3-9-19-16/h1-2,4-7,10-11H,3,8-9H2,(H,18,19)(H,20,22). The molecular formula is C17H16N4O3. The molecule has 1 aliphatic rings. The maximum absolute atomic E-state index is 12.3. The number of nitrogens with zero attached hydrogens (tertiary/aromatic N) is 2. The van der Waals surface area contributed by atoms with Crippen LogP contribution < -0.4 is 10.6 Å². The molecule has 0 unspecified atom stereocenters. The lowest BCUT2D eigenvalue weighted by Crippen LogP contribution is -2.30. The minimum absolute atomic E-state index is 0.114. The molecule has 7 nitrogen and oxygen atoms in total. The fourth-order valence-electron chi connectivity index (χ4n) is 2.43. The minimum atomic E-state index is -0.524. The van der Waals surface area contributed by atoms with E-state index in [1.165, 1.54) is 18.2 Å². The second-order valence-corrected chi connectivity index (χ2v) is 5.35. The van der Waals surface area contributed by atoms with Gasteiger partial charge in [-0.3, -0.25) is 19.9 Å². The van der Waals surface area contributed by atoms with Crippen molar-refractivity contribution in [1.29, 1.82) is 0 Å². The summed E-state index contributed by atoms with van der Waals surface area (Å²) >= 11 is 0. The van der Waals surface area contributed by atoms with E-state index in [2.05, 4.69) is 15.6 Å². The van der Waals surface area contributed by atoms with Crippen molar-refractivity contribution in [3.8, 4) is 0 Å². The number of non-ortho nitro benzene ring substituents is 1. The molecule has 0 aliphatic carbocycles. The molecule has 3 rings (SSSR count). The summed E-state index contributed by atoms with van der Waals surface area (Å²) in [6.07, 6.45) is 1.01. The van der Waals surface area contributed by atoms with E-state index < -0.39 is 10.8 Å². The molecule has 0 saturated carbocycles. The highest BCUT2D eigenvalue weighted by Gasteiger charge is 2.13. The van der Waals surface area contributed by atoms with Crippen LogP contribution in [0.2, 0.25) is 0 Å². The number of rotatable bonds is 4. The fraction of sp³-hybridized carbons (Fsp3) is 0.176. The van der Waals surface area contributed by atoms with Crippen molar-refractivity contribution in [2.75, 3.05) is 18.4 Å². The van der Waals surface area contributed by atoms with Crippen LogP contribution in [0.3, 0.4) is 0 Å². The number of nitrogens with one attached hydrogen (secondary N) is 2. The predicted octanol–water partition coefficient (Wildman–Crippen LogP) is 2.59. The summed E-state index contributed by atoms with van der Waals surface area (Å²) in [5.41, 5.74) is 1.63. The zero-order chi connectivity index (χ0) is 16.9. The van der Waals surface area contributed by atoms with Gasteiger partial charge in [-0.2, -0.15) is 0 Å². The Morgan fingerprint density at radius 1 is 1.21 bits per heavy atom. The van der Waals surface area contributed by atoms with Gasteiger partial charge in [-0.15, -0.1) is 0 Å². The molecule has 0 bridgehead atoms. The molecule has 0 aromatic heterocycles. The summed E-state index contributed by atoms with van der Waals surface area (Å²) in [6, 6.07) is 13.0. The lowest BCUT2D eigenvalue weighted by molar-refractivity contribution is -0.384. The number of hydrogen-bond acceptors (Lipinski definition) is 5. The van der Waals surface area contributed by atoms with Crippen molar-refractivity contribution >= 4 is 23.1 Å². The van der Waals surface area contributed by atoms with E-state index in [0.29, 0.717) is 5.69 Å². The molecule has 0 saturated heterocycles. The van der Waals surface area contributed by atoms with Crippen molar-refractivity contribution in [3.05, 3.63) is 69.8 Å². The van der Waals surface area contributed by atoms with Crippen LogP contribution in [0.1, 0.15) is 22.3 Å². The number of benzene rings is 2. The molecule has 0 radical (unpaired) electrons. The van der Waals surface area contributed by atoms with Crippen LogP contribution in [0.5, 0.6) is 0 Å². The number of amidine groups is 1. The third kappa shape index (κ3) is 3.57. The molecule has 2 N–H and O–H groups in total. The highest BCUT2D eigenvalue weighted by molar-refractivity contribution is 6.06. The van der Waals surface area contributed by atoms with Gasteiger partial charge in [0, 0.05) is 42.0 Å². The van der Waals surface area contributed by atoms with Gasteiger partial charge in [-0.25, -0.2) is 0 Å². The van der Waals surface area contributed by atoms with Gasteiger partial charge in [0.25, 0.3) is 11.6 Å². The fourth-order valence-corrected chi connectivity index (χ4v) is 2.43. The highest BCUT2D eigenvalue weighted by Crippen LogP contribution is 2.16. The number of hydrogen-bond donors (Lipinski definition) is 2. The van der Waals surface area contributed by atoms with E-state index in [9.17, 15) is 14.9 Å². The quantitative estimate of drug-likeness (QED) is 0.667. The first-order valence-electron chi connectivity index (χ1n) is 7.58. The average molecular weight is 324 g/mol. The molecule has 1 amide bonds. The van der Waals surface area contributed by atoms with E-state index in [0.717, 1.165) is 30.9 Å². The summed E-state index contributed by atoms with van der Waals surface area (Å²) in [7, 11) is 0. The largest absolute Gasteiger partial charge is 0.370 e. The van der Waals surface area contributed by atoms with E-state index >= 15 is 0 Å². The molecule has 122 valence electrons. The van der Waals surface area contributed by atoms with Gasteiger partial charge >= 0.3 is 0 Å². The summed E-state index contributed by atoms with van der Waals surface area (Å²) in [6.45, 7) is 1.66. The van der Waals surface area contributed by atoms with Gasteiger partial charge < -0.3 is 10.6 Å². The van der Waals surface area contributed by atoms with Gasteiger partial charge in [0.1, 0.15) is 5.84 Å². The van der Waals surface area contributed by atoms with Crippen LogP contribution in [0.15, 0.2) is 53.5 Å². The zero-order valence-corrected chi connectivity index (χ0v) is 12.9. The molecule has 1 heterocycles. The first-order valence-corrected chi connectivity index (χ1v) is 7.58. The van der Waals surface area contributed by atoms with Crippen LogP contribution in [-0.2, 0) is 0 Å². The molecule has 1 aliphatic heterocycles. The maximum Gasteiger partial charge on any atom is 0.270 e. The van der Waals surface area contributed by atoms with Crippen molar-refractivity contribution in [2.24, 2.45) is 4.99 Å². The van der Waals surface area contributed by atoms with Crippen LogP contribution in [0, 0.1) is 10.1 Å². The van der Waals surface area contributed by atoms with Crippen LogP contribution in [0.25, 0.3) is 0 Å². The number of nitro benzene ring substituents is 1. The van der Waals surface area contributed by atoms with Crippen molar-refractivity contribution in [3.63, 3.8) is 0 Å². The Morgan fingerprint density at radius 3 is 2.79 bits per heavy atom. The molecule has 2 aromatic carbocycles. The molecule has 0 spiro atoms. The Kier molecular flexibility index (Phi) is 4.51. The number of anilines is 1. The third-order valence-electron chi connectivity index (χ3n) is 3.61. The van der Waals surface area contributed by atoms with Crippen molar-refractivity contribution < 1.29 is 9.72 Å². The maximum atomic E-state index is 12.3. The van der Waals surface area contributed by atoms with Gasteiger partial charge in [0.05, 0.1) is 4.92 Å². The van der Waals surface area contributed by atoms with Gasteiger partial charge in [-0.05, 0) is 24.6 Å². The highest BCUT2D eigenvalue weighted by atomic mass is 16.6. The third-order valence-corrected chi connectivity index (χ3v) is 3.61. The Labute approximate surface area is 138 Å². The molecule has 24 heavy (non-hydrogen) atoms. The van der Waals surface area contributed by atoms with Crippen molar-refractivity contribution in [2.45, 2.75) is 6.42 Å². The van der Waals surface area contributed by atoms with Gasteiger partial charge in [0.2, 0.25) is 0 Å². The average Bonchev–Trinajstić information content (AvgIpc) is 2.63. The number of aliphatic imine (C=N–C) groups is 1. The Hall–Kier alpha value is -3.22. The van der Waals surface area contributed by atoms with Crippen LogP contribution in [0.4, 0.5) is 11.4 Å². The normalized spacial score (nSPS) is 13.6. The van der Waals surface area contributed by atoms with E-state index in [4.69, 9.17) is 0 Å². The number of nitro groups is 1. The first-order chi connectivity index (χ1) is 11.6. The van der Waals surface area contributed by atoms with Crippen molar-refractivity contribution in [1.82, 2.24) is 5.32 Å². The van der Waals surface area contributed by atoms with E-state index in [1.807, 2.05) is 18.2 Å². The van der Waals surface area contributed by atoms with E-state index in [1.54, 1.807) is 12.1 Å². The lowest BCUT2D eigenvalue weighted by Gasteiger charge is -2.15. The smallest absolute Gasteiger partial charge is 0.270 e. The minimum Gasteiger partial charge on any atom is -0.370 e. The van der Waals surface area contributed by atoms with Crippen LogP contribution >= 0.6 is 0 Å². The Balaban J connectivity index is 1.78. The topological polar surface area (TPSA) is 96.6 Å². The first kappa shape index (κ1) is 15.7. The number of carbonyl (C=O) groups is 1. The Bertz CT molecular complexity index is 817. The molecule has 0 atom stereocenters. The molecule has 2 aromatic rings. The zero-order valence-electron chi connectivity index (χ0n) is 12.9. The molecule has 0 fully saturated rings. The summed E-state index contributed by atoms with van der Waals surface area (Å²) in [4.78, 5) is 27.0. The molecule has 7 heteroatoms. The predicted molar refractivity (Wildman–Crippen MR) is 91.5 cm³/mol. The summed E-state index contributed by atoms with van der Waals surface area (Å²) in [5, 5.41) is 16.8. The molecular weight excluding hydrogens is 308 g/mol. The van der Waals surface area contributed by atoms with Crippen LogP contribution in [-0.4, -0.2) is 29.8 Å². The SMILES string of the molecule is O=C(Nc1cccc(C2=NCCCN2)c1)c1cccc([N+](=O)[O-])c1.